The number of fused-ring (bicyclic) bond motifs is 1. The van der Waals surface area contributed by atoms with E-state index in [2.05, 4.69) is 35.8 Å². The molecule has 3 heterocycles. The molecule has 1 amide bonds. The number of carbonyl (C=O) groups excluding carboxylic acids is 1. The van der Waals surface area contributed by atoms with Gasteiger partial charge in [-0.05, 0) is 42.8 Å². The van der Waals surface area contributed by atoms with Gasteiger partial charge in [0.25, 0.3) is 0 Å². The van der Waals surface area contributed by atoms with E-state index >= 15 is 0 Å². The van der Waals surface area contributed by atoms with Crippen LogP contribution in [0.3, 0.4) is 0 Å². The molecule has 0 atom stereocenters. The Labute approximate surface area is 149 Å². The Morgan fingerprint density at radius 2 is 1.88 bits per heavy atom. The third-order valence-electron chi connectivity index (χ3n) is 3.72. The summed E-state index contributed by atoms with van der Waals surface area (Å²) in [6.45, 7) is 8.23. The van der Waals surface area contributed by atoms with Crippen LogP contribution in [0.2, 0.25) is 0 Å². The fourth-order valence-electron chi connectivity index (χ4n) is 2.62. The number of aromatic nitrogens is 3. The molecule has 2 aromatic rings. The highest BCUT2D eigenvalue weighted by molar-refractivity contribution is 9.10. The Morgan fingerprint density at radius 1 is 1.17 bits per heavy atom. The van der Waals surface area contributed by atoms with Crippen molar-refractivity contribution in [3.63, 3.8) is 0 Å². The molecule has 2 aromatic heterocycles. The van der Waals surface area contributed by atoms with Crippen LogP contribution in [-0.4, -0.2) is 57.7 Å². The van der Waals surface area contributed by atoms with Crippen molar-refractivity contribution in [2.24, 2.45) is 0 Å². The molecule has 24 heavy (non-hydrogen) atoms. The van der Waals surface area contributed by atoms with Crippen molar-refractivity contribution in [1.29, 1.82) is 0 Å². The van der Waals surface area contributed by atoms with Gasteiger partial charge in [0.1, 0.15) is 27.9 Å². The number of hydrogen-bond acceptors (Lipinski definition) is 6. The summed E-state index contributed by atoms with van der Waals surface area (Å²) >= 11 is 3.42. The lowest BCUT2D eigenvalue weighted by Crippen LogP contribution is -2.50. The van der Waals surface area contributed by atoms with Gasteiger partial charge in [0.15, 0.2) is 0 Å². The van der Waals surface area contributed by atoms with Crippen molar-refractivity contribution in [2.45, 2.75) is 26.4 Å². The molecule has 0 saturated carbocycles. The van der Waals surface area contributed by atoms with Crippen molar-refractivity contribution in [3.8, 4) is 0 Å². The highest BCUT2D eigenvalue weighted by Crippen LogP contribution is 2.27. The number of halogens is 1. The molecule has 1 aliphatic rings. The largest absolute Gasteiger partial charge is 0.444 e. The molecule has 0 unspecified atom stereocenters. The van der Waals surface area contributed by atoms with Crippen LogP contribution in [0, 0.1) is 0 Å². The van der Waals surface area contributed by atoms with Crippen LogP contribution >= 0.6 is 15.9 Å². The van der Waals surface area contributed by atoms with Crippen LogP contribution in [0.15, 0.2) is 23.2 Å². The first-order valence-electron chi connectivity index (χ1n) is 7.83. The molecule has 0 N–H and O–H groups in total. The minimum absolute atomic E-state index is 0.262. The molecule has 1 fully saturated rings. The first kappa shape index (κ1) is 16.9. The van der Waals surface area contributed by atoms with E-state index in [0.29, 0.717) is 30.8 Å². The van der Waals surface area contributed by atoms with Gasteiger partial charge in [-0.15, -0.1) is 0 Å². The Balaban J connectivity index is 1.74. The van der Waals surface area contributed by atoms with Crippen molar-refractivity contribution in [3.05, 3.63) is 23.2 Å². The van der Waals surface area contributed by atoms with Crippen molar-refractivity contribution < 1.29 is 9.53 Å². The van der Waals surface area contributed by atoms with Crippen LogP contribution in [0.4, 0.5) is 10.6 Å². The average Bonchev–Trinajstić information content (AvgIpc) is 2.53. The summed E-state index contributed by atoms with van der Waals surface area (Å²) < 4.78 is 6.14. The quantitative estimate of drug-likeness (QED) is 0.693. The van der Waals surface area contributed by atoms with Gasteiger partial charge in [0.05, 0.1) is 0 Å². The topological polar surface area (TPSA) is 71.5 Å². The number of amides is 1. The molecule has 0 spiro atoms. The normalized spacial score (nSPS) is 15.7. The SMILES string of the molecule is CC(C)(C)OC(=O)N1CCN(c2ncnc3c(Br)nccc23)CC1. The fraction of sp³-hybridized carbons (Fsp3) is 0.500. The zero-order valence-electron chi connectivity index (χ0n) is 14.0. The van der Waals surface area contributed by atoms with Crippen LogP contribution in [0.25, 0.3) is 10.9 Å². The predicted molar refractivity (Wildman–Crippen MR) is 95.1 cm³/mol. The molecule has 0 aromatic carbocycles. The molecule has 0 aliphatic carbocycles. The minimum Gasteiger partial charge on any atom is -0.444 e. The highest BCUT2D eigenvalue weighted by atomic mass is 79.9. The Hall–Kier alpha value is -1.96. The third-order valence-corrected chi connectivity index (χ3v) is 4.30. The summed E-state index contributed by atoms with van der Waals surface area (Å²) in [4.78, 5) is 29.0. The summed E-state index contributed by atoms with van der Waals surface area (Å²) in [6.07, 6.45) is 3.02. The number of carbonyl (C=O) groups is 1. The maximum absolute atomic E-state index is 12.2. The summed E-state index contributed by atoms with van der Waals surface area (Å²) in [5.74, 6) is 0.868. The lowest BCUT2D eigenvalue weighted by molar-refractivity contribution is 0.0240. The molecule has 0 bridgehead atoms. The molecule has 0 radical (unpaired) electrons. The summed E-state index contributed by atoms with van der Waals surface area (Å²) in [5.41, 5.74) is 0.313. The zero-order chi connectivity index (χ0) is 17.3. The minimum atomic E-state index is -0.476. The number of hydrogen-bond donors (Lipinski definition) is 0. The average molecular weight is 394 g/mol. The third kappa shape index (κ3) is 3.58. The van der Waals surface area contributed by atoms with Gasteiger partial charge >= 0.3 is 6.09 Å². The second-order valence-corrected chi connectivity index (χ2v) is 7.40. The second kappa shape index (κ2) is 6.51. The van der Waals surface area contributed by atoms with E-state index < -0.39 is 5.60 Å². The number of rotatable bonds is 1. The molecule has 128 valence electrons. The number of piperazine rings is 1. The Morgan fingerprint density at radius 3 is 2.54 bits per heavy atom. The summed E-state index contributed by atoms with van der Waals surface area (Å²) in [6, 6.07) is 1.91. The zero-order valence-corrected chi connectivity index (χ0v) is 15.6. The molecular weight excluding hydrogens is 374 g/mol. The van der Waals surface area contributed by atoms with Gasteiger partial charge < -0.3 is 14.5 Å². The molecule has 1 aliphatic heterocycles. The van der Waals surface area contributed by atoms with Gasteiger partial charge in [-0.25, -0.2) is 19.7 Å². The number of nitrogens with zero attached hydrogens (tertiary/aromatic N) is 5. The maximum atomic E-state index is 12.2. The standard InChI is InChI=1S/C16H20BrN5O2/c1-16(2,3)24-15(23)22-8-6-21(7-9-22)14-11-4-5-18-13(17)12(11)19-10-20-14/h4-5,10H,6-9H2,1-3H3. The predicted octanol–water partition coefficient (Wildman–Crippen LogP) is 2.84. The van der Waals surface area contributed by atoms with Gasteiger partial charge in [-0.1, -0.05) is 0 Å². The molecular formula is C16H20BrN5O2. The van der Waals surface area contributed by atoms with E-state index in [9.17, 15) is 4.79 Å². The van der Waals surface area contributed by atoms with E-state index in [4.69, 9.17) is 4.74 Å². The van der Waals surface area contributed by atoms with Gasteiger partial charge in [0, 0.05) is 37.8 Å². The van der Waals surface area contributed by atoms with E-state index in [0.717, 1.165) is 16.7 Å². The van der Waals surface area contributed by atoms with Gasteiger partial charge in [0.2, 0.25) is 0 Å². The van der Waals surface area contributed by atoms with E-state index in [1.807, 2.05) is 26.8 Å². The van der Waals surface area contributed by atoms with E-state index in [1.165, 1.54) is 0 Å². The van der Waals surface area contributed by atoms with E-state index in [-0.39, 0.29) is 6.09 Å². The van der Waals surface area contributed by atoms with Crippen molar-refractivity contribution in [2.75, 3.05) is 31.1 Å². The van der Waals surface area contributed by atoms with Crippen molar-refractivity contribution in [1.82, 2.24) is 19.9 Å². The number of pyridine rings is 1. The Bertz CT molecular complexity index is 754. The smallest absolute Gasteiger partial charge is 0.410 e. The summed E-state index contributed by atoms with van der Waals surface area (Å²) in [7, 11) is 0. The van der Waals surface area contributed by atoms with Crippen LogP contribution in [0.1, 0.15) is 20.8 Å². The number of anilines is 1. The molecule has 1 saturated heterocycles. The van der Waals surface area contributed by atoms with Gasteiger partial charge in [-0.3, -0.25) is 0 Å². The van der Waals surface area contributed by atoms with Gasteiger partial charge in [-0.2, -0.15) is 0 Å². The molecule has 7 nitrogen and oxygen atoms in total. The first-order valence-corrected chi connectivity index (χ1v) is 8.62. The second-order valence-electron chi connectivity index (χ2n) is 6.65. The molecule has 8 heteroatoms. The first-order chi connectivity index (χ1) is 11.3. The highest BCUT2D eigenvalue weighted by Gasteiger charge is 2.27. The maximum Gasteiger partial charge on any atom is 0.410 e. The lowest BCUT2D eigenvalue weighted by atomic mass is 10.2. The van der Waals surface area contributed by atoms with E-state index in [1.54, 1.807) is 17.4 Å². The summed E-state index contributed by atoms with van der Waals surface area (Å²) in [5, 5.41) is 0.949. The number of ether oxygens (including phenoxy) is 1. The lowest BCUT2D eigenvalue weighted by Gasteiger charge is -2.36. The fourth-order valence-corrected chi connectivity index (χ4v) is 3.06. The Kier molecular flexibility index (Phi) is 4.58. The monoisotopic (exact) mass is 393 g/mol. The van der Waals surface area contributed by atoms with Crippen LogP contribution in [-0.2, 0) is 4.74 Å². The van der Waals surface area contributed by atoms with Crippen molar-refractivity contribution >= 4 is 38.7 Å². The van der Waals surface area contributed by atoms with Crippen LogP contribution < -0.4 is 4.90 Å². The molecule has 3 rings (SSSR count). The van der Waals surface area contributed by atoms with Crippen LogP contribution in [0.5, 0.6) is 0 Å².